The van der Waals surface area contributed by atoms with Crippen LogP contribution in [0.15, 0.2) is 65.9 Å². The summed E-state index contributed by atoms with van der Waals surface area (Å²) >= 11 is 0. The fourth-order valence-corrected chi connectivity index (χ4v) is 3.27. The van der Waals surface area contributed by atoms with Crippen molar-refractivity contribution in [1.29, 1.82) is 0 Å². The molecule has 0 fully saturated rings. The molecule has 1 aliphatic heterocycles. The molecule has 0 saturated carbocycles. The Morgan fingerprint density at radius 1 is 1.07 bits per heavy atom. The normalized spacial score (nSPS) is 16.1. The highest BCUT2D eigenvalue weighted by Crippen LogP contribution is 2.27. The van der Waals surface area contributed by atoms with Gasteiger partial charge in [0.2, 0.25) is 0 Å². The molecule has 0 spiro atoms. The zero-order valence-corrected chi connectivity index (χ0v) is 16.5. The number of carbonyl (C=O) groups is 2. The van der Waals surface area contributed by atoms with Gasteiger partial charge in [-0.05, 0) is 18.6 Å². The molecule has 1 aliphatic rings. The van der Waals surface area contributed by atoms with Gasteiger partial charge in [0, 0.05) is 24.4 Å². The molecule has 3 rings (SSSR count). The van der Waals surface area contributed by atoms with Crippen molar-refractivity contribution in [2.45, 2.75) is 19.5 Å². The van der Waals surface area contributed by atoms with Crippen LogP contribution in [-0.2, 0) is 16.1 Å². The van der Waals surface area contributed by atoms with Crippen molar-refractivity contribution in [2.75, 3.05) is 20.3 Å². The van der Waals surface area contributed by atoms with Crippen LogP contribution in [0.2, 0.25) is 0 Å². The molecule has 1 heterocycles. The van der Waals surface area contributed by atoms with E-state index in [2.05, 4.69) is 16.0 Å². The van der Waals surface area contributed by atoms with E-state index in [9.17, 15) is 9.59 Å². The van der Waals surface area contributed by atoms with E-state index in [1.165, 1.54) is 0 Å². The van der Waals surface area contributed by atoms with Gasteiger partial charge in [0.1, 0.15) is 5.75 Å². The first-order valence-corrected chi connectivity index (χ1v) is 9.49. The maximum atomic E-state index is 12.7. The largest absolute Gasteiger partial charge is 0.496 e. The Kier molecular flexibility index (Phi) is 6.86. The first-order valence-electron chi connectivity index (χ1n) is 9.49. The summed E-state index contributed by atoms with van der Waals surface area (Å²) in [5.41, 5.74) is 2.68. The van der Waals surface area contributed by atoms with Crippen LogP contribution in [-0.4, -0.2) is 32.3 Å². The van der Waals surface area contributed by atoms with E-state index < -0.39 is 12.0 Å². The number of amides is 2. The van der Waals surface area contributed by atoms with Crippen molar-refractivity contribution in [3.63, 3.8) is 0 Å². The van der Waals surface area contributed by atoms with E-state index in [0.29, 0.717) is 24.4 Å². The number of methoxy groups -OCH3 is 1. The first-order chi connectivity index (χ1) is 14.1. The Bertz CT molecular complexity index is 896. The number of carbonyl (C=O) groups excluding carboxylic acids is 2. The van der Waals surface area contributed by atoms with Crippen LogP contribution in [0.1, 0.15) is 24.1 Å². The molecule has 7 heteroatoms. The Labute approximate surface area is 170 Å². The van der Waals surface area contributed by atoms with Crippen molar-refractivity contribution in [3.8, 4) is 5.75 Å². The van der Waals surface area contributed by atoms with E-state index in [1.807, 2.05) is 54.6 Å². The third-order valence-corrected chi connectivity index (χ3v) is 4.59. The van der Waals surface area contributed by atoms with E-state index in [4.69, 9.17) is 9.47 Å². The SMILES string of the molecule is CCOC(=O)C1=C(CNCc2ccccc2OC)NC(=O)N[C@@H]1c1ccccc1. The number of rotatable bonds is 8. The second-order valence-electron chi connectivity index (χ2n) is 6.47. The molecule has 0 unspecified atom stereocenters. The molecule has 0 aromatic heterocycles. The molecule has 152 valence electrons. The van der Waals surface area contributed by atoms with Crippen molar-refractivity contribution in [1.82, 2.24) is 16.0 Å². The zero-order valence-electron chi connectivity index (χ0n) is 16.5. The highest BCUT2D eigenvalue weighted by atomic mass is 16.5. The lowest BCUT2D eigenvalue weighted by atomic mass is 9.95. The van der Waals surface area contributed by atoms with Gasteiger partial charge in [0.25, 0.3) is 0 Å². The van der Waals surface area contributed by atoms with Crippen LogP contribution in [0.5, 0.6) is 5.75 Å². The van der Waals surface area contributed by atoms with Crippen LogP contribution in [0, 0.1) is 0 Å². The maximum Gasteiger partial charge on any atom is 0.338 e. The number of hydrogen-bond acceptors (Lipinski definition) is 5. The predicted molar refractivity (Wildman–Crippen MR) is 109 cm³/mol. The molecule has 2 amide bonds. The quantitative estimate of drug-likeness (QED) is 0.598. The molecular formula is C22H25N3O4. The first kappa shape index (κ1) is 20.4. The number of benzene rings is 2. The second kappa shape index (κ2) is 9.75. The molecule has 1 atom stereocenters. The van der Waals surface area contributed by atoms with Crippen molar-refractivity contribution < 1.29 is 19.1 Å². The van der Waals surface area contributed by atoms with E-state index in [0.717, 1.165) is 16.9 Å². The molecule has 7 nitrogen and oxygen atoms in total. The summed E-state index contributed by atoms with van der Waals surface area (Å²) in [5.74, 6) is 0.319. The molecular weight excluding hydrogens is 370 g/mol. The van der Waals surface area contributed by atoms with Crippen molar-refractivity contribution in [3.05, 3.63) is 77.0 Å². The van der Waals surface area contributed by atoms with Gasteiger partial charge in [0.15, 0.2) is 0 Å². The van der Waals surface area contributed by atoms with Gasteiger partial charge in [-0.15, -0.1) is 0 Å². The molecule has 0 aliphatic carbocycles. The third-order valence-electron chi connectivity index (χ3n) is 4.59. The Balaban J connectivity index is 1.86. The summed E-state index contributed by atoms with van der Waals surface area (Å²) in [6.45, 7) is 2.82. The summed E-state index contributed by atoms with van der Waals surface area (Å²) in [5, 5.41) is 8.85. The van der Waals surface area contributed by atoms with Crippen LogP contribution in [0.4, 0.5) is 4.79 Å². The van der Waals surface area contributed by atoms with Crippen LogP contribution in [0.3, 0.4) is 0 Å². The summed E-state index contributed by atoms with van der Waals surface area (Å²) in [6.07, 6.45) is 0. The number of urea groups is 1. The molecule has 0 bridgehead atoms. The van der Waals surface area contributed by atoms with Gasteiger partial charge in [-0.25, -0.2) is 9.59 Å². The minimum atomic E-state index is -0.577. The van der Waals surface area contributed by atoms with E-state index in [-0.39, 0.29) is 12.6 Å². The number of para-hydroxylation sites is 1. The Morgan fingerprint density at radius 2 is 1.79 bits per heavy atom. The molecule has 0 radical (unpaired) electrons. The van der Waals surface area contributed by atoms with Gasteiger partial charge in [-0.3, -0.25) is 0 Å². The summed E-state index contributed by atoms with van der Waals surface area (Å²) in [6, 6.07) is 16.1. The van der Waals surface area contributed by atoms with Crippen LogP contribution < -0.4 is 20.7 Å². The monoisotopic (exact) mass is 395 g/mol. The summed E-state index contributed by atoms with van der Waals surface area (Å²) in [4.78, 5) is 25.0. The lowest BCUT2D eigenvalue weighted by Crippen LogP contribution is -2.48. The Hall–Kier alpha value is -3.32. The van der Waals surface area contributed by atoms with Crippen molar-refractivity contribution >= 4 is 12.0 Å². The number of nitrogens with one attached hydrogen (secondary N) is 3. The van der Waals surface area contributed by atoms with Gasteiger partial charge in [-0.1, -0.05) is 48.5 Å². The highest BCUT2D eigenvalue weighted by molar-refractivity contribution is 5.95. The van der Waals surface area contributed by atoms with Crippen molar-refractivity contribution in [2.24, 2.45) is 0 Å². The molecule has 29 heavy (non-hydrogen) atoms. The van der Waals surface area contributed by atoms with E-state index in [1.54, 1.807) is 14.0 Å². The smallest absolute Gasteiger partial charge is 0.338 e. The maximum absolute atomic E-state index is 12.7. The third kappa shape index (κ3) is 4.94. The standard InChI is InChI=1S/C22H25N3O4/c1-3-29-21(26)19-17(14-23-13-16-11-7-8-12-18(16)28-2)24-22(27)25-20(19)15-9-5-4-6-10-15/h4-12,20,23H,3,13-14H2,1-2H3,(H2,24,25,27)/t20-/m1/s1. The summed E-state index contributed by atoms with van der Waals surface area (Å²) in [7, 11) is 1.62. The minimum absolute atomic E-state index is 0.250. The van der Waals surface area contributed by atoms with Crippen LogP contribution in [0.25, 0.3) is 0 Å². The fourth-order valence-electron chi connectivity index (χ4n) is 3.27. The molecule has 2 aromatic carbocycles. The average molecular weight is 395 g/mol. The van der Waals surface area contributed by atoms with E-state index >= 15 is 0 Å². The molecule has 0 saturated heterocycles. The van der Waals surface area contributed by atoms with Gasteiger partial charge >= 0.3 is 12.0 Å². The lowest BCUT2D eigenvalue weighted by Gasteiger charge is -2.29. The van der Waals surface area contributed by atoms with Gasteiger partial charge in [-0.2, -0.15) is 0 Å². The van der Waals surface area contributed by atoms with Crippen LogP contribution >= 0.6 is 0 Å². The highest BCUT2D eigenvalue weighted by Gasteiger charge is 2.33. The fraction of sp³-hybridized carbons (Fsp3) is 0.273. The molecule has 2 aromatic rings. The van der Waals surface area contributed by atoms with Gasteiger partial charge < -0.3 is 25.4 Å². The molecule has 3 N–H and O–H groups in total. The minimum Gasteiger partial charge on any atom is -0.496 e. The Morgan fingerprint density at radius 3 is 2.52 bits per heavy atom. The topological polar surface area (TPSA) is 88.7 Å². The number of esters is 1. The predicted octanol–water partition coefficient (Wildman–Crippen LogP) is 2.66. The zero-order chi connectivity index (χ0) is 20.6. The number of ether oxygens (including phenoxy) is 2. The number of hydrogen-bond donors (Lipinski definition) is 3. The second-order valence-corrected chi connectivity index (χ2v) is 6.47. The average Bonchev–Trinajstić information content (AvgIpc) is 2.74. The summed E-state index contributed by atoms with van der Waals surface area (Å²) < 4.78 is 10.6. The lowest BCUT2D eigenvalue weighted by molar-refractivity contribution is -0.139. The van der Waals surface area contributed by atoms with Gasteiger partial charge in [0.05, 0.1) is 25.3 Å².